The van der Waals surface area contributed by atoms with E-state index in [-0.39, 0.29) is 11.6 Å². The second-order valence-corrected chi connectivity index (χ2v) is 6.08. The van der Waals surface area contributed by atoms with Gasteiger partial charge >= 0.3 is 6.18 Å². The van der Waals surface area contributed by atoms with Gasteiger partial charge in [0.25, 0.3) is 5.91 Å². The zero-order valence-corrected chi connectivity index (χ0v) is 13.9. The molecule has 0 saturated heterocycles. The number of hydrogen-bond acceptors (Lipinski definition) is 3. The molecule has 1 N–H and O–H groups in total. The number of anilines is 2. The molecule has 0 unspecified atom stereocenters. The standard InChI is InChI=1S/C20H14F3N3O/c21-20(22,23)13-6-5-7-14(12-13)25-18-15-8-1-2-9-16(15)19(27)26(18)17-10-3-4-11-24-17/h1-12,18,25H/t18-/m0/s1. The first-order valence-corrected chi connectivity index (χ1v) is 8.22. The van der Waals surface area contributed by atoms with E-state index in [4.69, 9.17) is 0 Å². The van der Waals surface area contributed by atoms with Gasteiger partial charge in [0.1, 0.15) is 12.0 Å². The molecule has 1 atom stereocenters. The number of nitrogens with one attached hydrogen (secondary N) is 1. The number of carbonyl (C=O) groups excluding carboxylic acids is 1. The van der Waals surface area contributed by atoms with Gasteiger partial charge in [-0.15, -0.1) is 0 Å². The second kappa shape index (κ2) is 6.42. The van der Waals surface area contributed by atoms with Crippen LogP contribution in [0.1, 0.15) is 27.7 Å². The van der Waals surface area contributed by atoms with E-state index in [2.05, 4.69) is 10.3 Å². The van der Waals surface area contributed by atoms with Crippen molar-refractivity contribution in [3.05, 3.63) is 89.6 Å². The number of nitrogens with zero attached hydrogens (tertiary/aromatic N) is 2. The third-order valence-corrected chi connectivity index (χ3v) is 4.35. The van der Waals surface area contributed by atoms with Crippen LogP contribution >= 0.6 is 0 Å². The van der Waals surface area contributed by atoms with Gasteiger partial charge in [-0.1, -0.05) is 30.3 Å². The van der Waals surface area contributed by atoms with Crippen LogP contribution in [0.4, 0.5) is 24.7 Å². The van der Waals surface area contributed by atoms with Gasteiger partial charge in [0.15, 0.2) is 0 Å². The highest BCUT2D eigenvalue weighted by atomic mass is 19.4. The summed E-state index contributed by atoms with van der Waals surface area (Å²) in [5.74, 6) is 0.164. The molecule has 0 bridgehead atoms. The lowest BCUT2D eigenvalue weighted by Crippen LogP contribution is -2.32. The molecule has 0 fully saturated rings. The molecule has 27 heavy (non-hydrogen) atoms. The molecule has 1 aliphatic heterocycles. The second-order valence-electron chi connectivity index (χ2n) is 6.08. The predicted molar refractivity (Wildman–Crippen MR) is 95.3 cm³/mol. The van der Waals surface area contributed by atoms with Gasteiger partial charge in [0.05, 0.1) is 5.56 Å². The van der Waals surface area contributed by atoms with Crippen molar-refractivity contribution in [1.29, 1.82) is 0 Å². The SMILES string of the molecule is O=C1c2ccccc2[C@@H](Nc2cccc(C(F)(F)F)c2)N1c1ccccn1. The molecule has 2 heterocycles. The number of hydrogen-bond donors (Lipinski definition) is 1. The van der Waals surface area contributed by atoms with Crippen LogP contribution in [0.15, 0.2) is 72.9 Å². The highest BCUT2D eigenvalue weighted by Gasteiger charge is 2.38. The minimum atomic E-state index is -4.44. The normalized spacial score (nSPS) is 16.3. The van der Waals surface area contributed by atoms with Gasteiger partial charge in [0, 0.05) is 23.0 Å². The van der Waals surface area contributed by atoms with Crippen LogP contribution in [0, 0.1) is 0 Å². The molecule has 0 aliphatic carbocycles. The van der Waals surface area contributed by atoms with Crippen LogP contribution in [0.2, 0.25) is 0 Å². The average Bonchev–Trinajstić information content (AvgIpc) is 2.94. The summed E-state index contributed by atoms with van der Waals surface area (Å²) in [5, 5.41) is 3.05. The summed E-state index contributed by atoms with van der Waals surface area (Å²) in [5.41, 5.74) is 0.688. The van der Waals surface area contributed by atoms with Crippen molar-refractivity contribution in [3.8, 4) is 0 Å². The number of aromatic nitrogens is 1. The van der Waals surface area contributed by atoms with Crippen molar-refractivity contribution >= 4 is 17.4 Å². The summed E-state index contributed by atoms with van der Waals surface area (Å²) in [7, 11) is 0. The minimum absolute atomic E-state index is 0.256. The quantitative estimate of drug-likeness (QED) is 0.716. The fourth-order valence-electron chi connectivity index (χ4n) is 3.13. The summed E-state index contributed by atoms with van der Waals surface area (Å²) in [4.78, 5) is 18.6. The lowest BCUT2D eigenvalue weighted by atomic mass is 10.1. The molecular formula is C20H14F3N3O. The van der Waals surface area contributed by atoms with Gasteiger partial charge in [-0.3, -0.25) is 9.69 Å². The molecule has 7 heteroatoms. The van der Waals surface area contributed by atoms with Crippen molar-refractivity contribution in [3.63, 3.8) is 0 Å². The Kier molecular flexibility index (Phi) is 4.07. The summed E-state index contributed by atoms with van der Waals surface area (Å²) in [6, 6.07) is 17.1. The minimum Gasteiger partial charge on any atom is -0.361 e. The zero-order valence-electron chi connectivity index (χ0n) is 13.9. The maximum absolute atomic E-state index is 13.0. The van der Waals surface area contributed by atoms with E-state index in [1.165, 1.54) is 17.0 Å². The molecule has 4 rings (SSSR count). The Balaban J connectivity index is 1.76. The Morgan fingerprint density at radius 3 is 2.48 bits per heavy atom. The Hall–Kier alpha value is -3.35. The highest BCUT2D eigenvalue weighted by molar-refractivity contribution is 6.10. The predicted octanol–water partition coefficient (Wildman–Crippen LogP) is 4.87. The number of carbonyl (C=O) groups is 1. The molecule has 136 valence electrons. The average molecular weight is 369 g/mol. The monoisotopic (exact) mass is 369 g/mol. The number of benzene rings is 2. The van der Waals surface area contributed by atoms with Crippen molar-refractivity contribution < 1.29 is 18.0 Å². The largest absolute Gasteiger partial charge is 0.416 e. The van der Waals surface area contributed by atoms with Crippen LogP contribution in [0.3, 0.4) is 0 Å². The molecular weight excluding hydrogens is 355 g/mol. The Labute approximate surface area is 153 Å². The van der Waals surface area contributed by atoms with Crippen molar-refractivity contribution in [2.45, 2.75) is 12.3 Å². The van der Waals surface area contributed by atoms with Crippen LogP contribution in [-0.4, -0.2) is 10.9 Å². The molecule has 0 radical (unpaired) electrons. The van der Waals surface area contributed by atoms with E-state index < -0.39 is 17.9 Å². The smallest absolute Gasteiger partial charge is 0.361 e. The molecule has 1 aliphatic rings. The van der Waals surface area contributed by atoms with Gasteiger partial charge in [-0.05, 0) is 36.4 Å². The molecule has 4 nitrogen and oxygen atoms in total. The number of alkyl halides is 3. The fraction of sp³-hybridized carbons (Fsp3) is 0.100. The van der Waals surface area contributed by atoms with E-state index in [9.17, 15) is 18.0 Å². The van der Waals surface area contributed by atoms with Crippen molar-refractivity contribution in [2.75, 3.05) is 10.2 Å². The van der Waals surface area contributed by atoms with Gasteiger partial charge in [-0.2, -0.15) is 13.2 Å². The van der Waals surface area contributed by atoms with Crippen LogP contribution in [0.5, 0.6) is 0 Å². The highest BCUT2D eigenvalue weighted by Crippen LogP contribution is 2.38. The first kappa shape index (κ1) is 17.1. The van der Waals surface area contributed by atoms with Crippen LogP contribution in [0.25, 0.3) is 0 Å². The number of halogens is 3. The summed E-state index contributed by atoms with van der Waals surface area (Å²) >= 11 is 0. The molecule has 1 amide bonds. The first-order valence-electron chi connectivity index (χ1n) is 8.22. The molecule has 2 aromatic carbocycles. The number of rotatable bonds is 3. The number of amides is 1. The molecule has 1 aromatic heterocycles. The lowest BCUT2D eigenvalue weighted by Gasteiger charge is -2.26. The van der Waals surface area contributed by atoms with Gasteiger partial charge < -0.3 is 5.32 Å². The van der Waals surface area contributed by atoms with E-state index in [1.54, 1.807) is 48.7 Å². The maximum Gasteiger partial charge on any atom is 0.416 e. The van der Waals surface area contributed by atoms with Crippen molar-refractivity contribution in [2.24, 2.45) is 0 Å². The Morgan fingerprint density at radius 2 is 1.74 bits per heavy atom. The third kappa shape index (κ3) is 3.12. The summed E-state index contributed by atoms with van der Waals surface area (Å²) in [6.07, 6.45) is -3.54. The number of fused-ring (bicyclic) bond motifs is 1. The zero-order chi connectivity index (χ0) is 19.0. The maximum atomic E-state index is 13.0. The lowest BCUT2D eigenvalue weighted by molar-refractivity contribution is -0.137. The van der Waals surface area contributed by atoms with E-state index in [1.807, 2.05) is 0 Å². The third-order valence-electron chi connectivity index (χ3n) is 4.35. The Morgan fingerprint density at radius 1 is 0.963 bits per heavy atom. The first-order chi connectivity index (χ1) is 12.9. The van der Waals surface area contributed by atoms with E-state index in [0.29, 0.717) is 16.9 Å². The molecule has 3 aromatic rings. The molecule has 0 spiro atoms. The van der Waals surface area contributed by atoms with Gasteiger partial charge in [0.2, 0.25) is 0 Å². The topological polar surface area (TPSA) is 45.2 Å². The van der Waals surface area contributed by atoms with Gasteiger partial charge in [-0.25, -0.2) is 4.98 Å². The summed E-state index contributed by atoms with van der Waals surface area (Å²) in [6.45, 7) is 0. The van der Waals surface area contributed by atoms with Crippen LogP contribution in [-0.2, 0) is 6.18 Å². The fourth-order valence-corrected chi connectivity index (χ4v) is 3.13. The number of pyridine rings is 1. The molecule has 0 saturated carbocycles. The van der Waals surface area contributed by atoms with E-state index >= 15 is 0 Å². The van der Waals surface area contributed by atoms with Crippen LogP contribution < -0.4 is 10.2 Å². The van der Waals surface area contributed by atoms with Crippen molar-refractivity contribution in [1.82, 2.24) is 4.98 Å². The van der Waals surface area contributed by atoms with E-state index in [0.717, 1.165) is 12.1 Å². The summed E-state index contributed by atoms with van der Waals surface area (Å²) < 4.78 is 39.1. The Bertz CT molecular complexity index is 989.